The van der Waals surface area contributed by atoms with E-state index in [0.717, 1.165) is 34.9 Å². The Kier molecular flexibility index (Phi) is 3.64. The van der Waals surface area contributed by atoms with Gasteiger partial charge in [-0.25, -0.2) is 0 Å². The van der Waals surface area contributed by atoms with Gasteiger partial charge in [0.15, 0.2) is 11.5 Å². The first-order valence-corrected chi connectivity index (χ1v) is 8.47. The molecule has 4 nitrogen and oxygen atoms in total. The van der Waals surface area contributed by atoms with Crippen LogP contribution in [0.4, 0.5) is 0 Å². The number of aromatic nitrogens is 1. The van der Waals surface area contributed by atoms with Crippen LogP contribution in [0.2, 0.25) is 0 Å². The van der Waals surface area contributed by atoms with Crippen LogP contribution in [-0.2, 0) is 0 Å². The lowest BCUT2D eigenvalue weighted by molar-refractivity contribution is 0.135. The number of hydrogen-bond donors (Lipinski definition) is 0. The highest BCUT2D eigenvalue weighted by molar-refractivity contribution is 5.82. The van der Waals surface area contributed by atoms with E-state index in [9.17, 15) is 0 Å². The summed E-state index contributed by atoms with van der Waals surface area (Å²) in [5.41, 5.74) is 1.17. The summed E-state index contributed by atoms with van der Waals surface area (Å²) in [6.45, 7) is 1.94. The van der Waals surface area contributed by atoms with Crippen LogP contribution in [0.3, 0.4) is 0 Å². The molecule has 0 amide bonds. The van der Waals surface area contributed by atoms with Crippen LogP contribution < -0.4 is 9.47 Å². The number of fused-ring (bicyclic) bond motifs is 1. The Hall–Kier alpha value is -1.81. The van der Waals surface area contributed by atoms with Crippen LogP contribution >= 0.6 is 0 Å². The zero-order valence-electron chi connectivity index (χ0n) is 13.9. The fraction of sp³-hybridized carbons (Fsp3) is 0.526. The number of methoxy groups -OCH3 is 1. The number of benzene rings is 1. The second-order valence-corrected chi connectivity index (χ2v) is 7.04. The van der Waals surface area contributed by atoms with Crippen LogP contribution in [0, 0.1) is 5.92 Å². The number of ether oxygens (including phenoxy) is 2. The molecule has 0 unspecified atom stereocenters. The van der Waals surface area contributed by atoms with Crippen LogP contribution in [0.25, 0.3) is 10.9 Å². The zero-order valence-corrected chi connectivity index (χ0v) is 13.9. The average Bonchev–Trinajstić information content (AvgIpc) is 3.47. The third kappa shape index (κ3) is 3.00. The summed E-state index contributed by atoms with van der Waals surface area (Å²) in [5.74, 6) is 2.49. The highest BCUT2D eigenvalue weighted by Crippen LogP contribution is 2.44. The number of likely N-dealkylation sites (N-methyl/N-ethyl adjacent to an activating group) is 1. The Balaban J connectivity index is 1.50. The van der Waals surface area contributed by atoms with E-state index in [1.165, 1.54) is 32.2 Å². The number of rotatable bonds is 7. The highest BCUT2D eigenvalue weighted by Gasteiger charge is 2.48. The normalized spacial score (nSPS) is 19.1. The standard InChI is InChI=1S/C19H24N2O2/c1-21(12-14-5-6-14)19(7-8-19)13-23-18-11-16-15(4-3-9-20-16)10-17(18)22-2/h3-4,9-11,14H,5-8,12-13H2,1-2H3. The lowest BCUT2D eigenvalue weighted by Gasteiger charge is -2.28. The van der Waals surface area contributed by atoms with E-state index >= 15 is 0 Å². The second-order valence-electron chi connectivity index (χ2n) is 7.04. The van der Waals surface area contributed by atoms with Crippen LogP contribution in [0.15, 0.2) is 30.5 Å². The molecule has 2 aromatic rings. The summed E-state index contributed by atoms with van der Waals surface area (Å²) >= 11 is 0. The van der Waals surface area contributed by atoms with Gasteiger partial charge in [-0.2, -0.15) is 0 Å². The molecular weight excluding hydrogens is 288 g/mol. The van der Waals surface area contributed by atoms with Crippen molar-refractivity contribution in [2.75, 3.05) is 27.3 Å². The van der Waals surface area contributed by atoms with Gasteiger partial charge in [0.05, 0.1) is 18.2 Å². The van der Waals surface area contributed by atoms with Gasteiger partial charge < -0.3 is 9.47 Å². The maximum atomic E-state index is 6.18. The van der Waals surface area contributed by atoms with E-state index < -0.39 is 0 Å². The summed E-state index contributed by atoms with van der Waals surface area (Å²) in [4.78, 5) is 6.92. The molecular formula is C19H24N2O2. The molecule has 4 rings (SSSR count). The Labute approximate surface area is 137 Å². The molecule has 2 aliphatic carbocycles. The molecule has 0 atom stereocenters. The molecule has 0 aliphatic heterocycles. The molecule has 1 heterocycles. The lowest BCUT2D eigenvalue weighted by atomic mass is 10.2. The molecule has 0 saturated heterocycles. The molecule has 122 valence electrons. The van der Waals surface area contributed by atoms with Crippen molar-refractivity contribution in [3.05, 3.63) is 30.5 Å². The zero-order chi connectivity index (χ0) is 15.9. The molecule has 0 bridgehead atoms. The first-order chi connectivity index (χ1) is 11.2. The molecule has 2 fully saturated rings. The second kappa shape index (κ2) is 5.68. The van der Waals surface area contributed by atoms with Crippen molar-refractivity contribution in [2.24, 2.45) is 5.92 Å². The molecule has 0 N–H and O–H groups in total. The van der Waals surface area contributed by atoms with Gasteiger partial charge in [-0.1, -0.05) is 6.07 Å². The first kappa shape index (κ1) is 14.8. The van der Waals surface area contributed by atoms with Crippen LogP contribution in [0.5, 0.6) is 11.5 Å². The molecule has 23 heavy (non-hydrogen) atoms. The maximum Gasteiger partial charge on any atom is 0.163 e. The van der Waals surface area contributed by atoms with E-state index in [2.05, 4.69) is 16.9 Å². The molecule has 0 radical (unpaired) electrons. The van der Waals surface area contributed by atoms with Crippen molar-refractivity contribution in [2.45, 2.75) is 31.2 Å². The highest BCUT2D eigenvalue weighted by atomic mass is 16.5. The summed E-state index contributed by atoms with van der Waals surface area (Å²) in [7, 11) is 3.93. The molecule has 1 aromatic carbocycles. The minimum atomic E-state index is 0.229. The van der Waals surface area contributed by atoms with Crippen molar-refractivity contribution < 1.29 is 9.47 Å². The summed E-state index contributed by atoms with van der Waals surface area (Å²) in [5, 5.41) is 1.07. The van der Waals surface area contributed by atoms with Crippen molar-refractivity contribution in [3.8, 4) is 11.5 Å². The summed E-state index contributed by atoms with van der Waals surface area (Å²) in [6, 6.07) is 7.98. The Bertz CT molecular complexity index is 708. The van der Waals surface area contributed by atoms with Crippen molar-refractivity contribution >= 4 is 10.9 Å². The predicted octanol–water partition coefficient (Wildman–Crippen LogP) is 3.50. The quantitative estimate of drug-likeness (QED) is 0.784. The maximum absolute atomic E-state index is 6.18. The Morgan fingerprint density at radius 3 is 2.78 bits per heavy atom. The van der Waals surface area contributed by atoms with Crippen molar-refractivity contribution in [1.82, 2.24) is 9.88 Å². The Morgan fingerprint density at radius 1 is 1.26 bits per heavy atom. The molecule has 2 aliphatic rings. The SMILES string of the molecule is COc1cc2cccnc2cc1OCC1(N(C)CC2CC2)CC1. The number of hydrogen-bond acceptors (Lipinski definition) is 4. The van der Waals surface area contributed by atoms with Gasteiger partial charge in [-0.05, 0) is 50.8 Å². The minimum absolute atomic E-state index is 0.229. The van der Waals surface area contributed by atoms with E-state index in [4.69, 9.17) is 9.47 Å². The van der Waals surface area contributed by atoms with Crippen molar-refractivity contribution in [3.63, 3.8) is 0 Å². The Morgan fingerprint density at radius 2 is 2.09 bits per heavy atom. The number of pyridine rings is 1. The van der Waals surface area contributed by atoms with Gasteiger partial charge in [0.2, 0.25) is 0 Å². The topological polar surface area (TPSA) is 34.6 Å². The fourth-order valence-electron chi connectivity index (χ4n) is 3.23. The third-order valence-corrected chi connectivity index (χ3v) is 5.25. The third-order valence-electron chi connectivity index (χ3n) is 5.25. The smallest absolute Gasteiger partial charge is 0.163 e. The van der Waals surface area contributed by atoms with E-state index in [-0.39, 0.29) is 5.54 Å². The van der Waals surface area contributed by atoms with E-state index in [1.807, 2.05) is 30.5 Å². The lowest BCUT2D eigenvalue weighted by Crippen LogP contribution is -2.40. The molecule has 0 spiro atoms. The van der Waals surface area contributed by atoms with Gasteiger partial charge in [0.1, 0.15) is 6.61 Å². The molecule has 1 aromatic heterocycles. The predicted molar refractivity (Wildman–Crippen MR) is 91.1 cm³/mol. The average molecular weight is 312 g/mol. The fourth-order valence-corrected chi connectivity index (χ4v) is 3.23. The minimum Gasteiger partial charge on any atom is -0.493 e. The van der Waals surface area contributed by atoms with Gasteiger partial charge >= 0.3 is 0 Å². The van der Waals surface area contributed by atoms with Gasteiger partial charge in [0, 0.05) is 24.2 Å². The van der Waals surface area contributed by atoms with E-state index in [0.29, 0.717) is 0 Å². The van der Waals surface area contributed by atoms with Crippen LogP contribution in [0.1, 0.15) is 25.7 Å². The monoisotopic (exact) mass is 312 g/mol. The van der Waals surface area contributed by atoms with Gasteiger partial charge in [-0.3, -0.25) is 9.88 Å². The van der Waals surface area contributed by atoms with Crippen LogP contribution in [-0.4, -0.2) is 42.7 Å². The summed E-state index contributed by atoms with van der Waals surface area (Å²) in [6.07, 6.45) is 7.05. The van der Waals surface area contributed by atoms with Crippen molar-refractivity contribution in [1.29, 1.82) is 0 Å². The number of nitrogens with zero attached hydrogens (tertiary/aromatic N) is 2. The van der Waals surface area contributed by atoms with Gasteiger partial charge in [0.25, 0.3) is 0 Å². The largest absolute Gasteiger partial charge is 0.493 e. The summed E-state index contributed by atoms with van der Waals surface area (Å²) < 4.78 is 11.7. The molecule has 2 saturated carbocycles. The molecule has 4 heteroatoms. The first-order valence-electron chi connectivity index (χ1n) is 8.47. The van der Waals surface area contributed by atoms with E-state index in [1.54, 1.807) is 7.11 Å². The van der Waals surface area contributed by atoms with Gasteiger partial charge in [-0.15, -0.1) is 0 Å².